The van der Waals surface area contributed by atoms with Crippen LogP contribution in [0.5, 0.6) is 0 Å². The number of benzene rings is 1. The van der Waals surface area contributed by atoms with E-state index in [-0.39, 0.29) is 23.1 Å². The summed E-state index contributed by atoms with van der Waals surface area (Å²) in [7, 11) is 1.82. The third-order valence-corrected chi connectivity index (χ3v) is 7.18. The van der Waals surface area contributed by atoms with Gasteiger partial charge in [0.2, 0.25) is 5.91 Å². The van der Waals surface area contributed by atoms with Crippen molar-refractivity contribution >= 4 is 17.5 Å². The minimum absolute atomic E-state index is 0.0297. The minimum Gasteiger partial charge on any atom is -0.344 e. The quantitative estimate of drug-likeness (QED) is 0.739. The third-order valence-electron chi connectivity index (χ3n) is 7.18. The van der Waals surface area contributed by atoms with E-state index < -0.39 is 6.04 Å². The Morgan fingerprint density at radius 2 is 1.54 bits per heavy atom. The highest BCUT2D eigenvalue weighted by Gasteiger charge is 2.55. The number of hydrogen-bond donors (Lipinski definition) is 2. The van der Waals surface area contributed by atoms with Crippen LogP contribution in [-0.4, -0.2) is 24.9 Å². The number of carbonyl (C=O) groups excluding carboxylic acids is 2. The molecule has 4 bridgehead atoms. The Morgan fingerprint density at radius 3 is 2.04 bits per heavy atom. The van der Waals surface area contributed by atoms with Crippen LogP contribution in [0, 0.1) is 29.1 Å². The van der Waals surface area contributed by atoms with Crippen LogP contribution < -0.4 is 15.8 Å². The van der Waals surface area contributed by atoms with Gasteiger partial charge in [-0.25, -0.2) is 0 Å². The highest BCUT2D eigenvalue weighted by atomic mass is 16.2. The minimum atomic E-state index is -0.522. The van der Waals surface area contributed by atoms with Crippen molar-refractivity contribution in [2.45, 2.75) is 58.4 Å². The maximum absolute atomic E-state index is 13.4. The summed E-state index contributed by atoms with van der Waals surface area (Å²) in [6, 6.07) is 9.19. The Balaban J connectivity index is 1.43. The van der Waals surface area contributed by atoms with E-state index in [1.807, 2.05) is 51.2 Å². The summed E-state index contributed by atoms with van der Waals surface area (Å²) in [6.45, 7) is 3.99. The van der Waals surface area contributed by atoms with E-state index in [1.165, 1.54) is 19.3 Å². The molecule has 4 aliphatic carbocycles. The molecule has 0 saturated heterocycles. The second-order valence-electron chi connectivity index (χ2n) is 9.76. The summed E-state index contributed by atoms with van der Waals surface area (Å²) in [4.78, 5) is 26.3. The first-order valence-corrected chi connectivity index (χ1v) is 10.8. The van der Waals surface area contributed by atoms with Crippen LogP contribution in [-0.2, 0) is 9.59 Å². The average Bonchev–Trinajstić information content (AvgIpc) is 2.65. The number of nitrogens with one attached hydrogen (secondary N) is 2. The van der Waals surface area contributed by atoms with Crippen LogP contribution in [0.25, 0.3) is 0 Å². The van der Waals surface area contributed by atoms with Gasteiger partial charge in [0.15, 0.2) is 0 Å². The van der Waals surface area contributed by atoms with Gasteiger partial charge in [-0.2, -0.15) is 0 Å². The predicted octanol–water partition coefficient (Wildman–Crippen LogP) is 3.51. The molecule has 1 aromatic rings. The predicted molar refractivity (Wildman–Crippen MR) is 110 cm³/mol. The van der Waals surface area contributed by atoms with Crippen LogP contribution >= 0.6 is 0 Å². The molecule has 5 heteroatoms. The number of hydrazine groups is 1. The molecule has 0 aromatic heterocycles. The Bertz CT molecular complexity index is 695. The molecule has 2 amide bonds. The maximum Gasteiger partial charge on any atom is 0.261 e. The number of para-hydroxylation sites is 1. The summed E-state index contributed by atoms with van der Waals surface area (Å²) < 4.78 is 0. The molecule has 5 rings (SSSR count). The number of rotatable bonds is 6. The molecule has 0 heterocycles. The van der Waals surface area contributed by atoms with E-state index in [4.69, 9.17) is 0 Å². The molecule has 0 spiro atoms. The summed E-state index contributed by atoms with van der Waals surface area (Å²) in [5, 5.41) is 4.87. The first kappa shape index (κ1) is 19.3. The Kier molecular flexibility index (Phi) is 5.11. The molecular formula is C23H33N3O2. The Hall–Kier alpha value is -2.04. The molecule has 4 saturated carbocycles. The van der Waals surface area contributed by atoms with Crippen molar-refractivity contribution in [1.82, 2.24) is 10.7 Å². The van der Waals surface area contributed by atoms with Crippen molar-refractivity contribution in [3.05, 3.63) is 30.3 Å². The van der Waals surface area contributed by atoms with Crippen LogP contribution in [0.1, 0.15) is 52.4 Å². The largest absolute Gasteiger partial charge is 0.344 e. The number of carbonyl (C=O) groups is 2. The Labute approximate surface area is 168 Å². The molecule has 4 fully saturated rings. The fourth-order valence-corrected chi connectivity index (χ4v) is 6.17. The topological polar surface area (TPSA) is 61.4 Å². The van der Waals surface area contributed by atoms with E-state index in [0.717, 1.165) is 24.9 Å². The number of hydrogen-bond acceptors (Lipinski definition) is 3. The van der Waals surface area contributed by atoms with E-state index in [9.17, 15) is 9.59 Å². The van der Waals surface area contributed by atoms with Gasteiger partial charge in [0, 0.05) is 12.5 Å². The van der Waals surface area contributed by atoms with Crippen molar-refractivity contribution in [3.8, 4) is 0 Å². The van der Waals surface area contributed by atoms with Crippen LogP contribution in [0.2, 0.25) is 0 Å². The summed E-state index contributed by atoms with van der Waals surface area (Å²) >= 11 is 0. The monoisotopic (exact) mass is 383 g/mol. The fraction of sp³-hybridized carbons (Fsp3) is 0.652. The molecule has 4 aliphatic rings. The first-order valence-electron chi connectivity index (χ1n) is 10.8. The molecule has 0 aliphatic heterocycles. The van der Waals surface area contributed by atoms with Crippen molar-refractivity contribution in [3.63, 3.8) is 0 Å². The second-order valence-corrected chi connectivity index (χ2v) is 9.76. The SMILES string of the molecule is CC(C)[C@@H](NC(=O)C12CC3CC(CC(C3)C1)C2)C(=O)NN(C)c1ccccc1. The zero-order chi connectivity index (χ0) is 19.9. The molecule has 0 unspecified atom stereocenters. The third kappa shape index (κ3) is 3.63. The van der Waals surface area contributed by atoms with Crippen molar-refractivity contribution in [2.24, 2.45) is 29.1 Å². The number of nitrogens with zero attached hydrogens (tertiary/aromatic N) is 1. The lowest BCUT2D eigenvalue weighted by Gasteiger charge is -2.55. The van der Waals surface area contributed by atoms with Gasteiger partial charge in [-0.05, 0) is 74.3 Å². The molecular weight excluding hydrogens is 350 g/mol. The Morgan fingerprint density at radius 1 is 1.00 bits per heavy atom. The highest BCUT2D eigenvalue weighted by molar-refractivity contribution is 5.91. The maximum atomic E-state index is 13.4. The highest BCUT2D eigenvalue weighted by Crippen LogP contribution is 2.60. The summed E-state index contributed by atoms with van der Waals surface area (Å²) in [6.07, 6.45) is 6.97. The molecule has 2 N–H and O–H groups in total. The van der Waals surface area contributed by atoms with Gasteiger partial charge in [0.1, 0.15) is 6.04 Å². The standard InChI is InChI=1S/C23H33N3O2/c1-15(2)20(21(27)25-26(3)19-7-5-4-6-8-19)24-22(28)23-12-16-9-17(13-23)11-18(10-16)14-23/h4-8,15-18,20H,9-14H2,1-3H3,(H,24,28)(H,25,27)/t16?,17?,18?,20-,23?/m1/s1. The molecule has 0 radical (unpaired) electrons. The smallest absolute Gasteiger partial charge is 0.261 e. The number of anilines is 1. The van der Waals surface area contributed by atoms with Crippen molar-refractivity contribution in [2.75, 3.05) is 12.1 Å². The molecule has 5 nitrogen and oxygen atoms in total. The average molecular weight is 384 g/mol. The second kappa shape index (κ2) is 7.41. The van der Waals surface area contributed by atoms with E-state index in [2.05, 4.69) is 10.7 Å². The molecule has 1 aromatic carbocycles. The van der Waals surface area contributed by atoms with Crippen molar-refractivity contribution in [1.29, 1.82) is 0 Å². The fourth-order valence-electron chi connectivity index (χ4n) is 6.17. The van der Waals surface area contributed by atoms with Crippen LogP contribution in [0.4, 0.5) is 5.69 Å². The van der Waals surface area contributed by atoms with Crippen LogP contribution in [0.3, 0.4) is 0 Å². The number of amides is 2. The van der Waals surface area contributed by atoms with Gasteiger partial charge in [0.25, 0.3) is 5.91 Å². The van der Waals surface area contributed by atoms with E-state index in [1.54, 1.807) is 5.01 Å². The zero-order valence-corrected chi connectivity index (χ0v) is 17.3. The van der Waals surface area contributed by atoms with Crippen molar-refractivity contribution < 1.29 is 9.59 Å². The van der Waals surface area contributed by atoms with Gasteiger partial charge in [-0.15, -0.1) is 0 Å². The van der Waals surface area contributed by atoms with Gasteiger partial charge < -0.3 is 5.32 Å². The van der Waals surface area contributed by atoms with Gasteiger partial charge in [-0.3, -0.25) is 20.0 Å². The van der Waals surface area contributed by atoms with Gasteiger partial charge in [-0.1, -0.05) is 32.0 Å². The van der Waals surface area contributed by atoms with E-state index >= 15 is 0 Å². The van der Waals surface area contributed by atoms with Gasteiger partial charge in [0.05, 0.1) is 5.69 Å². The lowest BCUT2D eigenvalue weighted by atomic mass is 9.49. The van der Waals surface area contributed by atoms with Gasteiger partial charge >= 0.3 is 0 Å². The molecule has 1 atom stereocenters. The molecule has 152 valence electrons. The normalized spacial score (nSPS) is 31.5. The lowest BCUT2D eigenvalue weighted by Crippen LogP contribution is -2.59. The van der Waals surface area contributed by atoms with E-state index in [0.29, 0.717) is 17.8 Å². The zero-order valence-electron chi connectivity index (χ0n) is 17.3. The van der Waals surface area contributed by atoms with Crippen LogP contribution in [0.15, 0.2) is 30.3 Å². The summed E-state index contributed by atoms with van der Waals surface area (Å²) in [5.41, 5.74) is 3.62. The summed E-state index contributed by atoms with van der Waals surface area (Å²) in [5.74, 6) is 2.14. The molecule has 28 heavy (non-hydrogen) atoms. The first-order chi connectivity index (χ1) is 13.4. The lowest BCUT2D eigenvalue weighted by molar-refractivity contribution is -0.149.